The van der Waals surface area contributed by atoms with Crippen molar-refractivity contribution in [2.45, 2.75) is 45.3 Å². The molecule has 0 N–H and O–H groups in total. The van der Waals surface area contributed by atoms with Gasteiger partial charge in [0.1, 0.15) is 11.7 Å². The first kappa shape index (κ1) is 17.8. The maximum absolute atomic E-state index is 12.1. The lowest BCUT2D eigenvalue weighted by molar-refractivity contribution is -0.00340. The van der Waals surface area contributed by atoms with Crippen LogP contribution in [0.5, 0.6) is 0 Å². The van der Waals surface area contributed by atoms with E-state index in [2.05, 4.69) is 15.9 Å². The van der Waals surface area contributed by atoms with Crippen LogP contribution in [0.15, 0.2) is 28.7 Å². The zero-order chi connectivity index (χ0) is 17.0. The van der Waals surface area contributed by atoms with Crippen molar-refractivity contribution < 1.29 is 19.1 Å². The molecule has 0 aromatic heterocycles. The van der Waals surface area contributed by atoms with E-state index in [9.17, 15) is 9.59 Å². The number of esters is 1. The fraction of sp³-hybridized carbons (Fsp3) is 0.529. The monoisotopic (exact) mass is 383 g/mol. The number of hydrogen-bond acceptors (Lipinski definition) is 4. The van der Waals surface area contributed by atoms with Crippen molar-refractivity contribution in [3.05, 3.63) is 34.3 Å². The minimum atomic E-state index is -0.499. The molecule has 1 amide bonds. The topological polar surface area (TPSA) is 55.8 Å². The van der Waals surface area contributed by atoms with Gasteiger partial charge in [0.15, 0.2) is 0 Å². The third kappa shape index (κ3) is 5.53. The van der Waals surface area contributed by atoms with Crippen LogP contribution in [-0.4, -0.2) is 41.8 Å². The lowest BCUT2D eigenvalue weighted by atomic mass is 10.1. The van der Waals surface area contributed by atoms with Gasteiger partial charge in [0.25, 0.3) is 0 Å². The number of likely N-dealkylation sites (tertiary alicyclic amines) is 1. The largest absolute Gasteiger partial charge is 0.459 e. The molecule has 2 rings (SSSR count). The smallest absolute Gasteiger partial charge is 0.410 e. The van der Waals surface area contributed by atoms with Crippen LogP contribution in [0.25, 0.3) is 0 Å². The van der Waals surface area contributed by atoms with Crippen molar-refractivity contribution in [1.82, 2.24) is 4.90 Å². The number of ether oxygens (including phenoxy) is 2. The molecule has 0 bridgehead atoms. The molecule has 1 fully saturated rings. The molecule has 0 saturated carbocycles. The van der Waals surface area contributed by atoms with Crippen LogP contribution in [0, 0.1) is 0 Å². The van der Waals surface area contributed by atoms with Gasteiger partial charge in [-0.1, -0.05) is 22.0 Å². The van der Waals surface area contributed by atoms with Gasteiger partial charge >= 0.3 is 12.1 Å². The fourth-order valence-electron chi connectivity index (χ4n) is 2.32. The van der Waals surface area contributed by atoms with E-state index in [-0.39, 0.29) is 18.2 Å². The van der Waals surface area contributed by atoms with Gasteiger partial charge < -0.3 is 14.4 Å². The Morgan fingerprint density at radius 3 is 2.43 bits per heavy atom. The van der Waals surface area contributed by atoms with Crippen molar-refractivity contribution in [1.29, 1.82) is 0 Å². The molecule has 0 radical (unpaired) electrons. The van der Waals surface area contributed by atoms with E-state index >= 15 is 0 Å². The standard InChI is InChI=1S/C17H22BrNO4/c1-17(2,3)23-16(21)19-9-7-14(8-10-19)22-15(20)12-5-4-6-13(18)11-12/h4-6,11,14H,7-10H2,1-3H3. The predicted molar refractivity (Wildman–Crippen MR) is 90.4 cm³/mol. The zero-order valence-corrected chi connectivity index (χ0v) is 15.3. The van der Waals surface area contributed by atoms with Crippen LogP contribution in [0.4, 0.5) is 4.79 Å². The van der Waals surface area contributed by atoms with Gasteiger partial charge in [0.05, 0.1) is 5.56 Å². The summed E-state index contributed by atoms with van der Waals surface area (Å²) in [5.74, 6) is -0.331. The van der Waals surface area contributed by atoms with Crippen molar-refractivity contribution in [3.63, 3.8) is 0 Å². The highest BCUT2D eigenvalue weighted by atomic mass is 79.9. The third-order valence-electron chi connectivity index (χ3n) is 3.43. The Bertz CT molecular complexity index is 574. The van der Waals surface area contributed by atoms with Gasteiger partial charge in [-0.3, -0.25) is 0 Å². The summed E-state index contributed by atoms with van der Waals surface area (Å²) in [5.41, 5.74) is 0.0233. The van der Waals surface area contributed by atoms with Crippen molar-refractivity contribution in [2.24, 2.45) is 0 Å². The number of carbonyl (C=O) groups excluding carboxylic acids is 2. The molecule has 1 aliphatic rings. The third-order valence-corrected chi connectivity index (χ3v) is 3.92. The minimum Gasteiger partial charge on any atom is -0.459 e. The molecule has 1 heterocycles. The molecule has 126 valence electrons. The Kier molecular flexibility index (Phi) is 5.68. The summed E-state index contributed by atoms with van der Waals surface area (Å²) in [6, 6.07) is 7.11. The first-order chi connectivity index (χ1) is 10.7. The van der Waals surface area contributed by atoms with E-state index in [1.54, 1.807) is 23.1 Å². The minimum absolute atomic E-state index is 0.167. The van der Waals surface area contributed by atoms with Crippen LogP contribution in [-0.2, 0) is 9.47 Å². The number of nitrogens with zero attached hydrogens (tertiary/aromatic N) is 1. The lowest BCUT2D eigenvalue weighted by Crippen LogP contribution is -2.43. The second-order valence-corrected chi connectivity index (χ2v) is 7.50. The average molecular weight is 384 g/mol. The van der Waals surface area contributed by atoms with Gasteiger partial charge in [-0.2, -0.15) is 0 Å². The quantitative estimate of drug-likeness (QED) is 0.724. The molecule has 6 heteroatoms. The number of rotatable bonds is 2. The molecular formula is C17H22BrNO4. The van der Waals surface area contributed by atoms with E-state index in [4.69, 9.17) is 9.47 Å². The first-order valence-electron chi connectivity index (χ1n) is 7.69. The van der Waals surface area contributed by atoms with E-state index < -0.39 is 5.60 Å². The number of hydrogen-bond donors (Lipinski definition) is 0. The van der Waals surface area contributed by atoms with E-state index in [1.807, 2.05) is 26.8 Å². The highest BCUT2D eigenvalue weighted by Crippen LogP contribution is 2.19. The summed E-state index contributed by atoms with van der Waals surface area (Å²) in [5, 5.41) is 0. The Labute approximate surface area is 145 Å². The number of halogens is 1. The summed E-state index contributed by atoms with van der Waals surface area (Å²) in [6.45, 7) is 6.60. The van der Waals surface area contributed by atoms with Crippen LogP contribution in [0.2, 0.25) is 0 Å². The molecule has 0 unspecified atom stereocenters. The average Bonchev–Trinajstić information content (AvgIpc) is 2.46. The van der Waals surface area contributed by atoms with Gasteiger partial charge in [-0.25, -0.2) is 9.59 Å². The summed E-state index contributed by atoms with van der Waals surface area (Å²) in [6.07, 6.45) is 0.771. The molecule has 1 aromatic carbocycles. The predicted octanol–water partition coefficient (Wildman–Crippen LogP) is 4.01. The molecule has 1 saturated heterocycles. The molecule has 23 heavy (non-hydrogen) atoms. The van der Waals surface area contributed by atoms with Gasteiger partial charge in [-0.15, -0.1) is 0 Å². The lowest BCUT2D eigenvalue weighted by Gasteiger charge is -2.33. The Balaban J connectivity index is 1.83. The fourth-order valence-corrected chi connectivity index (χ4v) is 2.72. The SMILES string of the molecule is CC(C)(C)OC(=O)N1CCC(OC(=O)c2cccc(Br)c2)CC1. The first-order valence-corrected chi connectivity index (χ1v) is 8.48. The molecule has 5 nitrogen and oxygen atoms in total. The maximum atomic E-state index is 12.1. The molecule has 1 aromatic rings. The van der Waals surface area contributed by atoms with Gasteiger partial charge in [-0.05, 0) is 39.0 Å². The number of amides is 1. The highest BCUT2D eigenvalue weighted by molar-refractivity contribution is 9.10. The van der Waals surface area contributed by atoms with Crippen LogP contribution in [0.3, 0.4) is 0 Å². The van der Waals surface area contributed by atoms with E-state index in [1.165, 1.54) is 0 Å². The Hall–Kier alpha value is -1.56. The second kappa shape index (κ2) is 7.34. The van der Waals surface area contributed by atoms with Gasteiger partial charge in [0.2, 0.25) is 0 Å². The van der Waals surface area contributed by atoms with Crippen LogP contribution < -0.4 is 0 Å². The summed E-state index contributed by atoms with van der Waals surface area (Å²) in [4.78, 5) is 25.8. The van der Waals surface area contributed by atoms with Crippen LogP contribution >= 0.6 is 15.9 Å². The van der Waals surface area contributed by atoms with E-state index in [0.717, 1.165) is 4.47 Å². The normalized spacial score (nSPS) is 16.1. The Morgan fingerprint density at radius 2 is 1.87 bits per heavy atom. The molecule has 0 atom stereocenters. The number of carbonyl (C=O) groups is 2. The molecule has 1 aliphatic heterocycles. The molecule has 0 aliphatic carbocycles. The van der Waals surface area contributed by atoms with Gasteiger partial charge in [0, 0.05) is 30.4 Å². The number of piperidine rings is 1. The highest BCUT2D eigenvalue weighted by Gasteiger charge is 2.28. The van der Waals surface area contributed by atoms with Crippen molar-refractivity contribution in [2.75, 3.05) is 13.1 Å². The second-order valence-electron chi connectivity index (χ2n) is 6.58. The van der Waals surface area contributed by atoms with Crippen LogP contribution in [0.1, 0.15) is 44.0 Å². The Morgan fingerprint density at radius 1 is 1.22 bits per heavy atom. The maximum Gasteiger partial charge on any atom is 0.410 e. The van der Waals surface area contributed by atoms with Crippen molar-refractivity contribution >= 4 is 28.0 Å². The summed E-state index contributed by atoms with van der Waals surface area (Å²) < 4.78 is 11.7. The van der Waals surface area contributed by atoms with Crippen molar-refractivity contribution in [3.8, 4) is 0 Å². The molecule has 0 spiro atoms. The number of benzene rings is 1. The summed E-state index contributed by atoms with van der Waals surface area (Å²) >= 11 is 3.34. The van der Waals surface area contributed by atoms with E-state index in [0.29, 0.717) is 31.5 Å². The molecular weight excluding hydrogens is 362 g/mol. The zero-order valence-electron chi connectivity index (χ0n) is 13.7. The summed E-state index contributed by atoms with van der Waals surface area (Å²) in [7, 11) is 0.